The molecule has 166 valence electrons. The molecule has 0 unspecified atom stereocenters. The molecule has 3 N–H and O–H groups in total. The molecule has 3 aliphatic heterocycles. The van der Waals surface area contributed by atoms with Crippen molar-refractivity contribution in [1.82, 2.24) is 15.2 Å². The number of hydrogen-bond acceptors (Lipinski definition) is 13. The predicted octanol–water partition coefficient (Wildman–Crippen LogP) is -6.83. The molecular formula is C15H14N5NaO9S2. The van der Waals surface area contributed by atoms with Crippen LogP contribution in [0.25, 0.3) is 0 Å². The average molecular weight is 495 g/mol. The van der Waals surface area contributed by atoms with E-state index in [1.165, 1.54) is 5.38 Å². The number of nitrogens with zero attached hydrogens (tertiary/aromatic N) is 3. The number of nitrogen functional groups attached to an aromatic ring is 1. The van der Waals surface area contributed by atoms with Crippen molar-refractivity contribution in [2.75, 3.05) is 18.6 Å². The van der Waals surface area contributed by atoms with Gasteiger partial charge in [-0.15, -0.1) is 11.3 Å². The van der Waals surface area contributed by atoms with E-state index in [2.05, 4.69) is 20.3 Å². The second-order valence-electron chi connectivity index (χ2n) is 6.93. The summed E-state index contributed by atoms with van der Waals surface area (Å²) in [6.45, 7) is 0. The first-order chi connectivity index (χ1) is 14.5. The van der Waals surface area contributed by atoms with Gasteiger partial charge in [-0.05, 0) is 0 Å². The zero-order valence-corrected chi connectivity index (χ0v) is 20.3. The van der Waals surface area contributed by atoms with E-state index in [0.29, 0.717) is 4.90 Å². The second kappa shape index (κ2) is 8.26. The maximum atomic E-state index is 12.8. The van der Waals surface area contributed by atoms with Crippen LogP contribution in [0.3, 0.4) is 0 Å². The van der Waals surface area contributed by atoms with Gasteiger partial charge >= 0.3 is 35.5 Å². The van der Waals surface area contributed by atoms with Crippen molar-refractivity contribution < 1.29 is 71.8 Å². The molecule has 4 heterocycles. The number of nitrogens with two attached hydrogens (primary N) is 1. The van der Waals surface area contributed by atoms with Crippen molar-refractivity contribution in [3.05, 3.63) is 11.1 Å². The number of anilines is 1. The molecule has 3 fully saturated rings. The van der Waals surface area contributed by atoms with E-state index >= 15 is 0 Å². The summed E-state index contributed by atoms with van der Waals surface area (Å²) in [5, 5.41) is 17.3. The molecule has 0 aromatic carbocycles. The molecule has 1 aromatic heterocycles. The number of oxime groups is 1. The molecule has 3 aliphatic rings. The van der Waals surface area contributed by atoms with E-state index in [-0.39, 0.29) is 46.1 Å². The molecule has 14 nitrogen and oxygen atoms in total. The SMILES string of the molecule is CO/N=C(\C(=O)N[C@@H]1C(=O)N2[C@@H]1S(=O)(=O)C[C@@H]1CC(=O)O[C@@]12C(=O)[O-])c1csc(N)n1.[Na+]. The number of nitrogens with one attached hydrogen (secondary N) is 1. The van der Waals surface area contributed by atoms with Crippen molar-refractivity contribution in [2.45, 2.75) is 23.6 Å². The number of aliphatic carboxylic acids is 1. The summed E-state index contributed by atoms with van der Waals surface area (Å²) in [7, 11) is -2.98. The third kappa shape index (κ3) is 3.45. The Morgan fingerprint density at radius 3 is 2.72 bits per heavy atom. The quantitative estimate of drug-likeness (QED) is 0.129. The number of sulfone groups is 1. The Bertz CT molecular complexity index is 1150. The van der Waals surface area contributed by atoms with Gasteiger partial charge in [-0.3, -0.25) is 19.3 Å². The Balaban J connectivity index is 0.00000289. The number of hydrogen-bond donors (Lipinski definition) is 2. The molecule has 2 amide bonds. The molecule has 32 heavy (non-hydrogen) atoms. The van der Waals surface area contributed by atoms with Crippen LogP contribution in [-0.4, -0.2) is 77.8 Å². The molecule has 0 bridgehead atoms. The number of carboxylic acid groups (broad SMARTS) is 1. The van der Waals surface area contributed by atoms with Crippen LogP contribution < -0.4 is 45.7 Å². The van der Waals surface area contributed by atoms with Crippen molar-refractivity contribution in [1.29, 1.82) is 0 Å². The van der Waals surface area contributed by atoms with Gasteiger partial charge in [0, 0.05) is 11.3 Å². The minimum absolute atomic E-state index is 0. The van der Waals surface area contributed by atoms with E-state index in [1.54, 1.807) is 0 Å². The van der Waals surface area contributed by atoms with E-state index in [4.69, 9.17) is 10.5 Å². The van der Waals surface area contributed by atoms with Gasteiger partial charge in [-0.25, -0.2) is 13.4 Å². The molecule has 0 radical (unpaired) electrons. The molecule has 3 saturated heterocycles. The maximum absolute atomic E-state index is 12.8. The van der Waals surface area contributed by atoms with Gasteiger partial charge in [0.1, 0.15) is 24.8 Å². The molecular weight excluding hydrogens is 481 g/mol. The van der Waals surface area contributed by atoms with Gasteiger partial charge in [0.2, 0.25) is 5.72 Å². The standard InChI is InChI=1S/C15H15N5O9S2.Na/c1-28-19-8(6-3-30-14(16)17-6)10(22)18-9-11(23)20-12(9)31(26,27)4-5-2-7(21)29-15(5,20)13(24)25;/h3,5,9,12H,2,4H2,1H3,(H2,16,17)(H,18,22)(H,24,25);/q;+1/p-1/b19-8-;/t5-,9+,12+,15+;/m0./s1. The molecule has 4 rings (SSSR count). The van der Waals surface area contributed by atoms with Gasteiger partial charge in [0.05, 0.1) is 12.2 Å². The number of carboxylic acids is 1. The molecule has 0 aliphatic carbocycles. The molecule has 17 heteroatoms. The van der Waals surface area contributed by atoms with Crippen LogP contribution in [0.4, 0.5) is 5.13 Å². The van der Waals surface area contributed by atoms with Crippen LogP contribution in [-0.2, 0) is 38.6 Å². The van der Waals surface area contributed by atoms with E-state index in [1.807, 2.05) is 0 Å². The molecule has 0 saturated carbocycles. The van der Waals surface area contributed by atoms with E-state index < -0.39 is 68.8 Å². The largest absolute Gasteiger partial charge is 1.00 e. The van der Waals surface area contributed by atoms with E-state index in [0.717, 1.165) is 18.4 Å². The number of thiazole rings is 1. The fraction of sp³-hybridized carbons (Fsp3) is 0.467. The van der Waals surface area contributed by atoms with Gasteiger partial charge in [-0.2, -0.15) is 0 Å². The van der Waals surface area contributed by atoms with Crippen LogP contribution in [0.15, 0.2) is 10.5 Å². The number of β-lactam (4-membered cyclic amide) rings is 1. The van der Waals surface area contributed by atoms with Crippen molar-refractivity contribution in [3.8, 4) is 0 Å². The van der Waals surface area contributed by atoms with Gasteiger partial charge < -0.3 is 30.5 Å². The van der Waals surface area contributed by atoms with Crippen LogP contribution in [0.5, 0.6) is 0 Å². The minimum atomic E-state index is -4.14. The van der Waals surface area contributed by atoms with Gasteiger partial charge in [-0.1, -0.05) is 5.16 Å². The molecule has 0 spiro atoms. The van der Waals surface area contributed by atoms with Crippen molar-refractivity contribution in [2.24, 2.45) is 11.1 Å². The average Bonchev–Trinajstić information content (AvgIpc) is 3.24. The Morgan fingerprint density at radius 1 is 1.47 bits per heavy atom. The maximum Gasteiger partial charge on any atom is 1.00 e. The summed E-state index contributed by atoms with van der Waals surface area (Å²) in [6.07, 6.45) is -0.503. The zero-order valence-electron chi connectivity index (χ0n) is 16.6. The summed E-state index contributed by atoms with van der Waals surface area (Å²) in [5.41, 5.74) is 2.63. The third-order valence-electron chi connectivity index (χ3n) is 5.18. The smallest absolute Gasteiger partial charge is 0.544 e. The summed E-state index contributed by atoms with van der Waals surface area (Å²) in [5.74, 6) is -7.03. The Labute approximate surface area is 206 Å². The minimum Gasteiger partial charge on any atom is -0.544 e. The number of aromatic nitrogens is 1. The fourth-order valence-electron chi connectivity index (χ4n) is 3.96. The van der Waals surface area contributed by atoms with Crippen molar-refractivity contribution in [3.63, 3.8) is 0 Å². The first kappa shape index (κ1) is 24.4. The summed E-state index contributed by atoms with van der Waals surface area (Å²) in [4.78, 5) is 58.0. The Morgan fingerprint density at radius 2 is 2.16 bits per heavy atom. The van der Waals surface area contributed by atoms with Crippen LogP contribution >= 0.6 is 11.3 Å². The molecule has 1 aromatic rings. The Kier molecular flexibility index (Phi) is 6.29. The summed E-state index contributed by atoms with van der Waals surface area (Å²) in [6, 6.07) is -1.65. The number of carbonyl (C=O) groups is 4. The number of amides is 2. The van der Waals surface area contributed by atoms with Crippen LogP contribution in [0, 0.1) is 5.92 Å². The second-order valence-corrected chi connectivity index (χ2v) is 9.96. The number of ether oxygens (including phenoxy) is 1. The topological polar surface area (TPSA) is 210 Å². The van der Waals surface area contributed by atoms with Crippen LogP contribution in [0.2, 0.25) is 0 Å². The number of esters is 1. The molecule has 4 atom stereocenters. The first-order valence-electron chi connectivity index (χ1n) is 8.64. The number of carbonyl (C=O) groups excluding carboxylic acids is 4. The fourth-order valence-corrected chi connectivity index (χ4v) is 6.79. The summed E-state index contributed by atoms with van der Waals surface area (Å²) < 4.78 is 30.4. The predicted molar refractivity (Wildman–Crippen MR) is 98.4 cm³/mol. The zero-order chi connectivity index (χ0) is 22.7. The van der Waals surface area contributed by atoms with Crippen LogP contribution in [0.1, 0.15) is 12.1 Å². The first-order valence-corrected chi connectivity index (χ1v) is 11.2. The van der Waals surface area contributed by atoms with Gasteiger partial charge in [0.15, 0.2) is 26.1 Å². The van der Waals surface area contributed by atoms with Crippen molar-refractivity contribution >= 4 is 55.8 Å². The number of rotatable bonds is 5. The normalized spacial score (nSPS) is 30.2. The summed E-state index contributed by atoms with van der Waals surface area (Å²) >= 11 is 1.00. The van der Waals surface area contributed by atoms with E-state index in [9.17, 15) is 32.7 Å². The number of fused-ring (bicyclic) bond motifs is 3. The van der Waals surface area contributed by atoms with Gasteiger partial charge in [0.25, 0.3) is 11.8 Å². The Hall–Kier alpha value is -2.27. The third-order valence-corrected chi connectivity index (χ3v) is 7.94. The monoisotopic (exact) mass is 495 g/mol.